The molecule has 6 nitrogen and oxygen atoms in total. The molecule has 30 heavy (non-hydrogen) atoms. The molecule has 0 aliphatic rings. The van der Waals surface area contributed by atoms with Crippen LogP contribution in [0.4, 0.5) is 0 Å². The molecule has 4 aromatic rings. The first-order chi connectivity index (χ1) is 14.6. The summed E-state index contributed by atoms with van der Waals surface area (Å²) in [6, 6.07) is 19.4. The molecule has 6 heteroatoms. The van der Waals surface area contributed by atoms with Crippen LogP contribution in [-0.4, -0.2) is 19.3 Å². The van der Waals surface area contributed by atoms with Gasteiger partial charge in [0.1, 0.15) is 34.8 Å². The Morgan fingerprint density at radius 2 is 1.70 bits per heavy atom. The first-order valence-corrected chi connectivity index (χ1v) is 9.29. The molecule has 0 amide bonds. The number of rotatable bonds is 6. The second-order valence-corrected chi connectivity index (χ2v) is 6.63. The maximum atomic E-state index is 12.6. The van der Waals surface area contributed by atoms with Gasteiger partial charge in [-0.2, -0.15) is 0 Å². The number of ether oxygens (including phenoxy) is 3. The maximum absolute atomic E-state index is 12.6. The summed E-state index contributed by atoms with van der Waals surface area (Å²) in [5.74, 6) is 1.63. The molecule has 1 aromatic heterocycles. The fourth-order valence-corrected chi connectivity index (χ4v) is 3.18. The second-order valence-electron chi connectivity index (χ2n) is 6.63. The molecule has 0 atom stereocenters. The van der Waals surface area contributed by atoms with E-state index in [1.165, 1.54) is 19.2 Å². The quantitative estimate of drug-likeness (QED) is 0.499. The molecule has 0 bridgehead atoms. The predicted octanol–water partition coefficient (Wildman–Crippen LogP) is 4.76. The molecule has 1 N–H and O–H groups in total. The molecular formula is C24H20O6. The average Bonchev–Trinajstić information content (AvgIpc) is 2.77. The van der Waals surface area contributed by atoms with Crippen molar-refractivity contribution in [2.24, 2.45) is 0 Å². The van der Waals surface area contributed by atoms with Gasteiger partial charge in [0.15, 0.2) is 16.9 Å². The Bertz CT molecular complexity index is 1240. The molecule has 0 saturated heterocycles. The molecule has 3 aromatic carbocycles. The van der Waals surface area contributed by atoms with E-state index in [0.29, 0.717) is 35.2 Å². The zero-order chi connectivity index (χ0) is 21.1. The van der Waals surface area contributed by atoms with Crippen LogP contribution in [0.3, 0.4) is 0 Å². The Labute approximate surface area is 172 Å². The van der Waals surface area contributed by atoms with E-state index in [-0.39, 0.29) is 22.1 Å². The third-order valence-electron chi connectivity index (χ3n) is 4.70. The SMILES string of the molecule is COc1cc(O)c2c(=O)cc(-c3ccc(OCc4ccccc4)c(OC)c3)oc2c1. The van der Waals surface area contributed by atoms with Gasteiger partial charge < -0.3 is 23.7 Å². The van der Waals surface area contributed by atoms with Gasteiger partial charge in [-0.05, 0) is 23.8 Å². The lowest BCUT2D eigenvalue weighted by molar-refractivity contribution is 0.284. The van der Waals surface area contributed by atoms with Crippen molar-refractivity contribution in [1.82, 2.24) is 0 Å². The first-order valence-electron chi connectivity index (χ1n) is 9.29. The molecule has 0 spiro atoms. The van der Waals surface area contributed by atoms with Gasteiger partial charge in [0, 0.05) is 23.8 Å². The number of benzene rings is 3. The van der Waals surface area contributed by atoms with Gasteiger partial charge in [-0.1, -0.05) is 30.3 Å². The Kier molecular flexibility index (Phi) is 5.30. The monoisotopic (exact) mass is 404 g/mol. The Morgan fingerprint density at radius 3 is 2.43 bits per heavy atom. The van der Waals surface area contributed by atoms with Crippen molar-refractivity contribution in [1.29, 1.82) is 0 Å². The fraction of sp³-hybridized carbons (Fsp3) is 0.125. The van der Waals surface area contributed by atoms with Crippen LogP contribution in [0.1, 0.15) is 5.56 Å². The van der Waals surface area contributed by atoms with Crippen molar-refractivity contribution in [3.05, 3.63) is 82.5 Å². The van der Waals surface area contributed by atoms with Gasteiger partial charge in [-0.3, -0.25) is 4.79 Å². The average molecular weight is 404 g/mol. The summed E-state index contributed by atoms with van der Waals surface area (Å²) in [6.45, 7) is 0.403. The highest BCUT2D eigenvalue weighted by atomic mass is 16.5. The summed E-state index contributed by atoms with van der Waals surface area (Å²) in [4.78, 5) is 12.6. The summed E-state index contributed by atoms with van der Waals surface area (Å²) in [6.07, 6.45) is 0. The van der Waals surface area contributed by atoms with Crippen LogP contribution in [0, 0.1) is 0 Å². The van der Waals surface area contributed by atoms with E-state index in [9.17, 15) is 9.90 Å². The third kappa shape index (κ3) is 3.80. The zero-order valence-corrected chi connectivity index (χ0v) is 16.5. The van der Waals surface area contributed by atoms with Crippen LogP contribution in [0.15, 0.2) is 75.9 Å². The highest BCUT2D eigenvalue weighted by molar-refractivity contribution is 5.86. The standard InChI is InChI=1S/C24H20O6/c1-27-17-11-18(25)24-19(26)13-21(30-23(24)12-17)16-8-9-20(22(10-16)28-2)29-14-15-6-4-3-5-7-15/h3-13,25H,14H2,1-2H3. The smallest absolute Gasteiger partial charge is 0.197 e. The van der Waals surface area contributed by atoms with Crippen LogP contribution < -0.4 is 19.6 Å². The Balaban J connectivity index is 1.70. The van der Waals surface area contributed by atoms with Crippen LogP contribution in [0.5, 0.6) is 23.0 Å². The van der Waals surface area contributed by atoms with Crippen molar-refractivity contribution in [2.45, 2.75) is 6.61 Å². The van der Waals surface area contributed by atoms with Crippen molar-refractivity contribution >= 4 is 11.0 Å². The van der Waals surface area contributed by atoms with Gasteiger partial charge in [0.2, 0.25) is 0 Å². The lowest BCUT2D eigenvalue weighted by Crippen LogP contribution is -2.02. The first kappa shape index (κ1) is 19.4. The van der Waals surface area contributed by atoms with E-state index in [4.69, 9.17) is 18.6 Å². The molecule has 0 fully saturated rings. The maximum Gasteiger partial charge on any atom is 0.197 e. The van der Waals surface area contributed by atoms with Gasteiger partial charge in [0.25, 0.3) is 0 Å². The molecular weight excluding hydrogens is 384 g/mol. The molecule has 0 aliphatic heterocycles. The summed E-state index contributed by atoms with van der Waals surface area (Å²) in [7, 11) is 3.02. The molecule has 0 unspecified atom stereocenters. The number of aromatic hydroxyl groups is 1. The Hall–Kier alpha value is -3.93. The lowest BCUT2D eigenvalue weighted by Gasteiger charge is -2.12. The minimum atomic E-state index is -0.352. The van der Waals surface area contributed by atoms with Gasteiger partial charge in [0.05, 0.1) is 14.2 Å². The van der Waals surface area contributed by atoms with Gasteiger partial charge >= 0.3 is 0 Å². The van der Waals surface area contributed by atoms with E-state index in [0.717, 1.165) is 5.56 Å². The summed E-state index contributed by atoms with van der Waals surface area (Å²) in [5.41, 5.74) is 1.56. The van der Waals surface area contributed by atoms with Crippen LogP contribution in [0.25, 0.3) is 22.3 Å². The molecule has 0 aliphatic carbocycles. The van der Waals surface area contributed by atoms with Crippen molar-refractivity contribution in [3.63, 3.8) is 0 Å². The van der Waals surface area contributed by atoms with Crippen LogP contribution in [-0.2, 0) is 6.61 Å². The Morgan fingerprint density at radius 1 is 0.900 bits per heavy atom. The number of phenolic OH excluding ortho intramolecular Hbond substituents is 1. The van der Waals surface area contributed by atoms with E-state index >= 15 is 0 Å². The van der Waals surface area contributed by atoms with Crippen molar-refractivity contribution in [3.8, 4) is 34.3 Å². The zero-order valence-electron chi connectivity index (χ0n) is 16.5. The highest BCUT2D eigenvalue weighted by Gasteiger charge is 2.14. The largest absolute Gasteiger partial charge is 0.507 e. The minimum Gasteiger partial charge on any atom is -0.507 e. The van der Waals surface area contributed by atoms with E-state index < -0.39 is 0 Å². The van der Waals surface area contributed by atoms with Crippen LogP contribution in [0.2, 0.25) is 0 Å². The van der Waals surface area contributed by atoms with Crippen LogP contribution >= 0.6 is 0 Å². The molecule has 0 radical (unpaired) electrons. The predicted molar refractivity (Wildman–Crippen MR) is 113 cm³/mol. The van der Waals surface area contributed by atoms with Crippen molar-refractivity contribution in [2.75, 3.05) is 14.2 Å². The lowest BCUT2D eigenvalue weighted by atomic mass is 10.1. The molecule has 4 rings (SSSR count). The number of hydrogen-bond donors (Lipinski definition) is 1. The minimum absolute atomic E-state index is 0.106. The van der Waals surface area contributed by atoms with E-state index in [1.54, 1.807) is 31.4 Å². The number of phenols is 1. The third-order valence-corrected chi connectivity index (χ3v) is 4.70. The topological polar surface area (TPSA) is 78.1 Å². The van der Waals surface area contributed by atoms with E-state index in [2.05, 4.69) is 0 Å². The fourth-order valence-electron chi connectivity index (χ4n) is 3.18. The van der Waals surface area contributed by atoms with E-state index in [1.807, 2.05) is 30.3 Å². The molecule has 0 saturated carbocycles. The molecule has 152 valence electrons. The summed E-state index contributed by atoms with van der Waals surface area (Å²) >= 11 is 0. The number of hydrogen-bond acceptors (Lipinski definition) is 6. The summed E-state index contributed by atoms with van der Waals surface area (Å²) < 4.78 is 22.4. The number of fused-ring (bicyclic) bond motifs is 1. The normalized spacial score (nSPS) is 10.7. The van der Waals surface area contributed by atoms with Crippen molar-refractivity contribution < 1.29 is 23.7 Å². The second kappa shape index (κ2) is 8.21. The number of methoxy groups -OCH3 is 2. The highest BCUT2D eigenvalue weighted by Crippen LogP contribution is 2.35. The van der Waals surface area contributed by atoms with Gasteiger partial charge in [-0.25, -0.2) is 0 Å². The summed E-state index contributed by atoms with van der Waals surface area (Å²) in [5, 5.41) is 10.2. The van der Waals surface area contributed by atoms with Gasteiger partial charge in [-0.15, -0.1) is 0 Å². The molecule has 1 heterocycles.